The molecule has 0 fully saturated rings. The van der Waals surface area contributed by atoms with Gasteiger partial charge in [-0.2, -0.15) is 0 Å². The lowest BCUT2D eigenvalue weighted by atomic mass is 10.2. The molecule has 0 aliphatic carbocycles. The van der Waals surface area contributed by atoms with Gasteiger partial charge in [0.2, 0.25) is 5.89 Å². The molecule has 4 aromatic rings. The Balaban J connectivity index is 1.48. The average molecular weight is 395 g/mol. The lowest BCUT2D eigenvalue weighted by molar-refractivity contribution is -0.146. The van der Waals surface area contributed by atoms with E-state index in [0.717, 1.165) is 10.1 Å². The van der Waals surface area contributed by atoms with E-state index in [1.165, 1.54) is 29.6 Å². The molecule has 0 bridgehead atoms. The highest BCUT2D eigenvalue weighted by Crippen LogP contribution is 2.20. The Labute approximate surface area is 163 Å². The number of esters is 1. The highest BCUT2D eigenvalue weighted by molar-refractivity contribution is 5.75. The highest BCUT2D eigenvalue weighted by atomic mass is 16.5. The molecule has 0 aliphatic heterocycles. The summed E-state index contributed by atoms with van der Waals surface area (Å²) in [4.78, 5) is 44.8. The summed E-state index contributed by atoms with van der Waals surface area (Å²) in [5.74, 6) is 0.229. The number of hydrogen-bond donors (Lipinski definition) is 0. The smallest absolute Gasteiger partial charge is 0.332 e. The number of aryl methyl sites for hydroxylation is 1. The topological polar surface area (TPSA) is 114 Å². The number of imidazole rings is 1. The molecular weight excluding hydrogens is 378 g/mol. The van der Waals surface area contributed by atoms with Gasteiger partial charge in [0.1, 0.15) is 6.54 Å². The monoisotopic (exact) mass is 395 g/mol. The van der Waals surface area contributed by atoms with Gasteiger partial charge in [0.05, 0.1) is 12.5 Å². The van der Waals surface area contributed by atoms with Crippen LogP contribution in [0.1, 0.15) is 5.89 Å². The van der Waals surface area contributed by atoms with E-state index >= 15 is 0 Å². The lowest BCUT2D eigenvalue weighted by Crippen LogP contribution is -2.37. The third-order valence-corrected chi connectivity index (χ3v) is 4.49. The quantitative estimate of drug-likeness (QED) is 0.460. The number of ether oxygens (including phenoxy) is 1. The van der Waals surface area contributed by atoms with Gasteiger partial charge in [0, 0.05) is 19.7 Å². The van der Waals surface area contributed by atoms with Crippen LogP contribution < -0.4 is 11.2 Å². The number of oxazole rings is 1. The van der Waals surface area contributed by atoms with E-state index < -0.39 is 17.2 Å². The third kappa shape index (κ3) is 3.35. The van der Waals surface area contributed by atoms with Crippen LogP contribution >= 0.6 is 0 Å². The first-order valence-electron chi connectivity index (χ1n) is 8.72. The summed E-state index contributed by atoms with van der Waals surface area (Å²) in [5.41, 5.74) is 0.186. The van der Waals surface area contributed by atoms with Gasteiger partial charge in [-0.1, -0.05) is 30.3 Å². The summed E-state index contributed by atoms with van der Waals surface area (Å²) >= 11 is 0. The predicted octanol–water partition coefficient (Wildman–Crippen LogP) is 0.832. The molecule has 4 rings (SSSR count). The minimum Gasteiger partial charge on any atom is -0.454 e. The van der Waals surface area contributed by atoms with Crippen LogP contribution in [0.25, 0.3) is 22.5 Å². The summed E-state index contributed by atoms with van der Waals surface area (Å²) in [6.45, 7) is -0.384. The number of benzene rings is 1. The zero-order chi connectivity index (χ0) is 20.5. The van der Waals surface area contributed by atoms with Crippen molar-refractivity contribution < 1.29 is 13.9 Å². The summed E-state index contributed by atoms with van der Waals surface area (Å²) in [5, 5.41) is 0. The highest BCUT2D eigenvalue weighted by Gasteiger charge is 2.17. The van der Waals surface area contributed by atoms with Crippen molar-refractivity contribution in [1.82, 2.24) is 23.7 Å². The van der Waals surface area contributed by atoms with Gasteiger partial charge >= 0.3 is 11.7 Å². The first kappa shape index (κ1) is 18.4. The van der Waals surface area contributed by atoms with Crippen molar-refractivity contribution in [3.8, 4) is 11.3 Å². The van der Waals surface area contributed by atoms with Crippen molar-refractivity contribution in [3.63, 3.8) is 0 Å². The van der Waals surface area contributed by atoms with Crippen molar-refractivity contribution in [2.75, 3.05) is 0 Å². The molecule has 3 heterocycles. The van der Waals surface area contributed by atoms with Crippen LogP contribution in [0.15, 0.2) is 56.9 Å². The largest absolute Gasteiger partial charge is 0.454 e. The van der Waals surface area contributed by atoms with Gasteiger partial charge in [0.15, 0.2) is 23.5 Å². The molecular formula is C19H17N5O5. The Morgan fingerprint density at radius 2 is 1.86 bits per heavy atom. The molecule has 0 saturated carbocycles. The Hall–Kier alpha value is -3.95. The van der Waals surface area contributed by atoms with Crippen LogP contribution in [0.3, 0.4) is 0 Å². The van der Waals surface area contributed by atoms with Crippen molar-refractivity contribution in [2.24, 2.45) is 14.1 Å². The summed E-state index contributed by atoms with van der Waals surface area (Å²) in [6.07, 6.45) is 2.89. The molecule has 0 unspecified atom stereocenters. The van der Waals surface area contributed by atoms with Gasteiger partial charge in [-0.15, -0.1) is 0 Å². The average Bonchev–Trinajstić information content (AvgIpc) is 3.37. The van der Waals surface area contributed by atoms with Crippen molar-refractivity contribution >= 4 is 17.1 Å². The van der Waals surface area contributed by atoms with E-state index in [1.54, 1.807) is 6.20 Å². The first-order chi connectivity index (χ1) is 14.0. The van der Waals surface area contributed by atoms with Crippen LogP contribution in [0.5, 0.6) is 0 Å². The second kappa shape index (κ2) is 7.23. The molecule has 0 spiro atoms. The van der Waals surface area contributed by atoms with Crippen LogP contribution in [-0.4, -0.2) is 29.6 Å². The van der Waals surface area contributed by atoms with E-state index in [-0.39, 0.29) is 30.2 Å². The van der Waals surface area contributed by atoms with E-state index in [0.29, 0.717) is 5.76 Å². The molecule has 0 aliphatic rings. The van der Waals surface area contributed by atoms with E-state index in [9.17, 15) is 14.4 Å². The number of rotatable bonds is 5. The lowest BCUT2D eigenvalue weighted by Gasteiger charge is -2.06. The zero-order valence-electron chi connectivity index (χ0n) is 15.7. The Morgan fingerprint density at radius 1 is 1.10 bits per heavy atom. The molecule has 0 saturated heterocycles. The second-order valence-corrected chi connectivity index (χ2v) is 6.40. The molecule has 10 nitrogen and oxygen atoms in total. The number of fused-ring (bicyclic) bond motifs is 1. The Morgan fingerprint density at radius 3 is 2.62 bits per heavy atom. The van der Waals surface area contributed by atoms with Gasteiger partial charge < -0.3 is 13.7 Å². The number of aromatic nitrogens is 5. The molecule has 0 radical (unpaired) electrons. The second-order valence-electron chi connectivity index (χ2n) is 6.40. The molecule has 0 N–H and O–H groups in total. The molecule has 3 aromatic heterocycles. The van der Waals surface area contributed by atoms with Gasteiger partial charge in [-0.05, 0) is 0 Å². The summed E-state index contributed by atoms with van der Waals surface area (Å²) < 4.78 is 14.4. The van der Waals surface area contributed by atoms with Crippen molar-refractivity contribution in [2.45, 2.75) is 13.2 Å². The fraction of sp³-hybridized carbons (Fsp3) is 0.211. The Bertz CT molecular complexity index is 1310. The predicted molar refractivity (Wildman–Crippen MR) is 102 cm³/mol. The van der Waals surface area contributed by atoms with Crippen molar-refractivity contribution in [3.05, 3.63) is 69.6 Å². The normalized spacial score (nSPS) is 11.1. The number of carbonyl (C=O) groups is 1. The van der Waals surface area contributed by atoms with E-state index in [1.807, 2.05) is 30.3 Å². The van der Waals surface area contributed by atoms with Gasteiger partial charge in [-0.25, -0.2) is 14.8 Å². The SMILES string of the molecule is Cn1c(=O)c2c(ncn2CC(=O)OCc2ncc(-c3ccccc3)o2)n(C)c1=O. The summed E-state index contributed by atoms with van der Waals surface area (Å²) in [6, 6.07) is 9.43. The van der Waals surface area contributed by atoms with Gasteiger partial charge in [0.25, 0.3) is 5.56 Å². The van der Waals surface area contributed by atoms with Crippen LogP contribution in [0.2, 0.25) is 0 Å². The molecule has 0 atom stereocenters. The van der Waals surface area contributed by atoms with Crippen LogP contribution in [0.4, 0.5) is 0 Å². The zero-order valence-corrected chi connectivity index (χ0v) is 15.7. The number of carbonyl (C=O) groups excluding carboxylic acids is 1. The minimum absolute atomic E-state index is 0.144. The molecule has 10 heteroatoms. The maximum absolute atomic E-state index is 12.4. The fourth-order valence-electron chi connectivity index (χ4n) is 2.96. The minimum atomic E-state index is -0.598. The molecule has 29 heavy (non-hydrogen) atoms. The number of nitrogens with zero attached hydrogens (tertiary/aromatic N) is 5. The molecule has 1 aromatic carbocycles. The van der Waals surface area contributed by atoms with E-state index in [2.05, 4.69) is 9.97 Å². The molecule has 148 valence electrons. The first-order valence-corrected chi connectivity index (χ1v) is 8.72. The van der Waals surface area contributed by atoms with Crippen LogP contribution in [-0.2, 0) is 36.8 Å². The summed E-state index contributed by atoms with van der Waals surface area (Å²) in [7, 11) is 2.87. The van der Waals surface area contributed by atoms with Gasteiger partial charge in [-0.3, -0.25) is 18.7 Å². The standard InChI is InChI=1S/C19H17N5O5/c1-22-17-16(18(26)23(2)19(22)27)24(11-21-17)9-15(25)28-10-14-20-8-13(29-14)12-6-4-3-5-7-12/h3-8,11H,9-10H2,1-2H3. The van der Waals surface area contributed by atoms with Crippen molar-refractivity contribution in [1.29, 1.82) is 0 Å². The molecule has 0 amide bonds. The number of hydrogen-bond acceptors (Lipinski definition) is 7. The fourth-order valence-corrected chi connectivity index (χ4v) is 2.96. The third-order valence-electron chi connectivity index (χ3n) is 4.49. The van der Waals surface area contributed by atoms with E-state index in [4.69, 9.17) is 9.15 Å². The maximum Gasteiger partial charge on any atom is 0.332 e. The maximum atomic E-state index is 12.4. The Kier molecular flexibility index (Phi) is 4.59. The van der Waals surface area contributed by atoms with Crippen LogP contribution in [0, 0.1) is 0 Å².